The summed E-state index contributed by atoms with van der Waals surface area (Å²) in [6, 6.07) is 8.48. The van der Waals surface area contributed by atoms with E-state index in [0.29, 0.717) is 37.8 Å². The summed E-state index contributed by atoms with van der Waals surface area (Å²) < 4.78 is 44.7. The Bertz CT molecular complexity index is 914. The van der Waals surface area contributed by atoms with Crippen LogP contribution in [-0.2, 0) is 19.6 Å². The predicted octanol–water partition coefficient (Wildman–Crippen LogP) is 1.32. The predicted molar refractivity (Wildman–Crippen MR) is 102 cm³/mol. The number of carbonyl (C=O) groups is 1. The van der Waals surface area contributed by atoms with Crippen molar-refractivity contribution in [2.75, 3.05) is 50.1 Å². The lowest BCUT2D eigenvalue weighted by molar-refractivity contribution is -0.114. The lowest BCUT2D eigenvalue weighted by atomic mass is 10.3. The maximum absolute atomic E-state index is 12.9. The Morgan fingerprint density at radius 3 is 2.50 bits per heavy atom. The largest absolute Gasteiger partial charge is 0.379 e. The van der Waals surface area contributed by atoms with Crippen molar-refractivity contribution < 1.29 is 22.3 Å². The number of hydrogen-bond acceptors (Lipinski definition) is 6. The van der Waals surface area contributed by atoms with Crippen LogP contribution >= 0.6 is 0 Å². The summed E-state index contributed by atoms with van der Waals surface area (Å²) in [5.41, 5.74) is 0.486. The molecule has 8 nitrogen and oxygen atoms in total. The Balaban J connectivity index is 1.62. The van der Waals surface area contributed by atoms with E-state index < -0.39 is 10.0 Å². The topological polar surface area (TPSA) is 91.8 Å². The quantitative estimate of drug-likeness (QED) is 0.775. The highest BCUT2D eigenvalue weighted by atomic mass is 32.2. The van der Waals surface area contributed by atoms with Gasteiger partial charge in [-0.2, -0.15) is 4.31 Å². The highest BCUT2D eigenvalue weighted by molar-refractivity contribution is 7.89. The SMILES string of the molecule is CN(CC(=O)Nc1ccc(F)cc1)c1ccc(S(=O)(=O)N2CCOCC2)cn1. The zero-order chi connectivity index (χ0) is 20.1. The van der Waals surface area contributed by atoms with Gasteiger partial charge in [-0.3, -0.25) is 4.79 Å². The molecule has 10 heteroatoms. The zero-order valence-corrected chi connectivity index (χ0v) is 16.2. The normalized spacial score (nSPS) is 15.2. The van der Waals surface area contributed by atoms with Crippen LogP contribution in [-0.4, -0.2) is 63.5 Å². The van der Waals surface area contributed by atoms with Crippen molar-refractivity contribution in [1.82, 2.24) is 9.29 Å². The summed E-state index contributed by atoms with van der Waals surface area (Å²) in [4.78, 5) is 18.0. The summed E-state index contributed by atoms with van der Waals surface area (Å²) in [6.07, 6.45) is 1.29. The molecule has 1 aromatic heterocycles. The third kappa shape index (κ3) is 4.83. The number of morpholine rings is 1. The Hall–Kier alpha value is -2.56. The molecule has 0 aliphatic carbocycles. The summed E-state index contributed by atoms with van der Waals surface area (Å²) in [7, 11) is -1.94. The molecule has 0 atom stereocenters. The van der Waals surface area contributed by atoms with E-state index in [2.05, 4.69) is 10.3 Å². The van der Waals surface area contributed by atoms with Gasteiger partial charge in [0, 0.05) is 32.0 Å². The number of hydrogen-bond donors (Lipinski definition) is 1. The van der Waals surface area contributed by atoms with E-state index in [0.717, 1.165) is 0 Å². The van der Waals surface area contributed by atoms with Crippen molar-refractivity contribution in [1.29, 1.82) is 0 Å². The number of sulfonamides is 1. The summed E-state index contributed by atoms with van der Waals surface area (Å²) >= 11 is 0. The molecular formula is C18H21FN4O4S. The van der Waals surface area contributed by atoms with Crippen molar-refractivity contribution in [3.63, 3.8) is 0 Å². The number of likely N-dealkylation sites (N-methyl/N-ethyl adjacent to an activating group) is 1. The number of nitrogens with zero attached hydrogens (tertiary/aromatic N) is 3. The van der Waals surface area contributed by atoms with Gasteiger partial charge in [0.2, 0.25) is 15.9 Å². The lowest BCUT2D eigenvalue weighted by Gasteiger charge is -2.26. The van der Waals surface area contributed by atoms with Gasteiger partial charge in [0.1, 0.15) is 16.5 Å². The number of carbonyl (C=O) groups excluding carboxylic acids is 1. The third-order valence-electron chi connectivity index (χ3n) is 4.23. The zero-order valence-electron chi connectivity index (χ0n) is 15.3. The van der Waals surface area contributed by atoms with Gasteiger partial charge >= 0.3 is 0 Å². The van der Waals surface area contributed by atoms with Gasteiger partial charge in [0.25, 0.3) is 0 Å². The van der Waals surface area contributed by atoms with E-state index >= 15 is 0 Å². The average Bonchev–Trinajstić information content (AvgIpc) is 2.70. The van der Waals surface area contributed by atoms with Gasteiger partial charge in [0.05, 0.1) is 19.8 Å². The number of amides is 1. The van der Waals surface area contributed by atoms with Crippen LogP contribution in [0.15, 0.2) is 47.5 Å². The Labute approximate surface area is 163 Å². The van der Waals surface area contributed by atoms with Crippen molar-refractivity contribution in [3.8, 4) is 0 Å². The second-order valence-electron chi connectivity index (χ2n) is 6.28. The first kappa shape index (κ1) is 20.2. The van der Waals surface area contributed by atoms with Crippen molar-refractivity contribution >= 4 is 27.4 Å². The van der Waals surface area contributed by atoms with Crippen LogP contribution in [0.4, 0.5) is 15.9 Å². The number of aromatic nitrogens is 1. The minimum atomic E-state index is -3.61. The monoisotopic (exact) mass is 408 g/mol. The first-order valence-electron chi connectivity index (χ1n) is 8.67. The van der Waals surface area contributed by atoms with Gasteiger partial charge < -0.3 is 15.0 Å². The van der Waals surface area contributed by atoms with E-state index in [-0.39, 0.29) is 23.2 Å². The molecule has 0 spiro atoms. The van der Waals surface area contributed by atoms with Crippen LogP contribution in [0.3, 0.4) is 0 Å². The molecular weight excluding hydrogens is 387 g/mol. The molecule has 2 heterocycles. The van der Waals surface area contributed by atoms with E-state index in [9.17, 15) is 17.6 Å². The molecule has 1 saturated heterocycles. The Morgan fingerprint density at radius 1 is 1.21 bits per heavy atom. The lowest BCUT2D eigenvalue weighted by Crippen LogP contribution is -2.40. The van der Waals surface area contributed by atoms with E-state index in [1.807, 2.05) is 0 Å². The van der Waals surface area contributed by atoms with Crippen LogP contribution in [0.5, 0.6) is 0 Å². The molecule has 28 heavy (non-hydrogen) atoms. The number of nitrogens with one attached hydrogen (secondary N) is 1. The van der Waals surface area contributed by atoms with Crippen LogP contribution in [0, 0.1) is 5.82 Å². The molecule has 1 aliphatic heterocycles. The summed E-state index contributed by atoms with van der Waals surface area (Å²) in [6.45, 7) is 1.37. The third-order valence-corrected chi connectivity index (χ3v) is 6.11. The summed E-state index contributed by atoms with van der Waals surface area (Å²) in [5, 5.41) is 2.66. The molecule has 0 unspecified atom stereocenters. The van der Waals surface area contributed by atoms with Crippen LogP contribution < -0.4 is 10.2 Å². The molecule has 3 rings (SSSR count). The first-order chi connectivity index (χ1) is 13.4. The van der Waals surface area contributed by atoms with Gasteiger partial charge in [-0.1, -0.05) is 0 Å². The minimum Gasteiger partial charge on any atom is -0.379 e. The second-order valence-corrected chi connectivity index (χ2v) is 8.22. The first-order valence-corrected chi connectivity index (χ1v) is 10.1. The molecule has 1 fully saturated rings. The molecule has 1 amide bonds. The number of halogens is 1. The molecule has 0 radical (unpaired) electrons. The number of ether oxygens (including phenoxy) is 1. The molecule has 2 aromatic rings. The van der Waals surface area contributed by atoms with E-state index in [1.54, 1.807) is 18.0 Å². The Morgan fingerprint density at radius 2 is 1.89 bits per heavy atom. The van der Waals surface area contributed by atoms with Crippen molar-refractivity contribution in [2.45, 2.75) is 4.90 Å². The molecule has 1 N–H and O–H groups in total. The molecule has 1 aromatic carbocycles. The second kappa shape index (κ2) is 8.63. The smallest absolute Gasteiger partial charge is 0.244 e. The minimum absolute atomic E-state index is 0.0000626. The maximum atomic E-state index is 12.9. The van der Waals surface area contributed by atoms with Gasteiger partial charge in [-0.25, -0.2) is 17.8 Å². The average molecular weight is 408 g/mol. The van der Waals surface area contributed by atoms with Crippen molar-refractivity contribution in [2.24, 2.45) is 0 Å². The Kier molecular flexibility index (Phi) is 6.22. The standard InChI is InChI=1S/C18H21FN4O4S/c1-22(13-18(24)21-15-4-2-14(19)3-5-15)17-7-6-16(12-20-17)28(25,26)23-8-10-27-11-9-23/h2-7,12H,8-11,13H2,1H3,(H,21,24). The maximum Gasteiger partial charge on any atom is 0.244 e. The number of rotatable bonds is 6. The van der Waals surface area contributed by atoms with Crippen LogP contribution in [0.1, 0.15) is 0 Å². The van der Waals surface area contributed by atoms with Gasteiger partial charge in [-0.05, 0) is 36.4 Å². The number of anilines is 2. The summed E-state index contributed by atoms with van der Waals surface area (Å²) in [5.74, 6) is -0.234. The fourth-order valence-corrected chi connectivity index (χ4v) is 4.07. The highest BCUT2D eigenvalue weighted by Gasteiger charge is 2.26. The number of benzene rings is 1. The van der Waals surface area contributed by atoms with Crippen LogP contribution in [0.25, 0.3) is 0 Å². The molecule has 150 valence electrons. The fraction of sp³-hybridized carbons (Fsp3) is 0.333. The van der Waals surface area contributed by atoms with E-state index in [1.165, 1.54) is 40.8 Å². The fourth-order valence-electron chi connectivity index (χ4n) is 2.72. The van der Waals surface area contributed by atoms with Crippen LogP contribution in [0.2, 0.25) is 0 Å². The highest BCUT2D eigenvalue weighted by Crippen LogP contribution is 2.19. The molecule has 0 saturated carbocycles. The number of pyridine rings is 1. The van der Waals surface area contributed by atoms with Crippen molar-refractivity contribution in [3.05, 3.63) is 48.4 Å². The van der Waals surface area contributed by atoms with Gasteiger partial charge in [0.15, 0.2) is 0 Å². The molecule has 0 bridgehead atoms. The van der Waals surface area contributed by atoms with E-state index in [4.69, 9.17) is 4.74 Å². The molecule has 1 aliphatic rings. The van der Waals surface area contributed by atoms with Gasteiger partial charge in [-0.15, -0.1) is 0 Å².